The summed E-state index contributed by atoms with van der Waals surface area (Å²) in [7, 11) is 4.09. The molecule has 2 heterocycles. The molecule has 0 saturated carbocycles. The van der Waals surface area contributed by atoms with Crippen LogP contribution in [0.15, 0.2) is 92.0 Å². The standard InChI is InChI=1S/C31H26N4O10/c1-43-20-12-8-18(9-13-20)34-27(38)23(25(36)32-30(34)41)22(16-4-6-17(7-5-16)29(40)45-3)24-26(37)33-31(42)35(28(24)39)19-10-14-21(44-2)15-11-19/h4-15,22,38-39H,1-3H3,(H,32,36,41)(H,33,37,42). The smallest absolute Gasteiger partial charge is 0.337 e. The number of hydrogen-bond acceptors (Lipinski definition) is 10. The first-order valence-electron chi connectivity index (χ1n) is 13.2. The Kier molecular flexibility index (Phi) is 8.13. The molecule has 230 valence electrons. The molecule has 0 aliphatic heterocycles. The molecule has 0 amide bonds. The third kappa shape index (κ3) is 5.47. The topological polar surface area (TPSA) is 195 Å². The van der Waals surface area contributed by atoms with E-state index in [0.717, 1.165) is 9.13 Å². The molecule has 0 fully saturated rings. The number of aromatic hydroxyl groups is 2. The van der Waals surface area contributed by atoms with Gasteiger partial charge in [0.1, 0.15) is 11.5 Å². The second-order valence-corrected chi connectivity index (χ2v) is 9.61. The first-order valence-corrected chi connectivity index (χ1v) is 13.2. The lowest BCUT2D eigenvalue weighted by molar-refractivity contribution is 0.0600. The van der Waals surface area contributed by atoms with Gasteiger partial charge in [-0.2, -0.15) is 0 Å². The molecule has 0 aliphatic carbocycles. The van der Waals surface area contributed by atoms with Crippen molar-refractivity contribution in [1.82, 2.24) is 19.1 Å². The van der Waals surface area contributed by atoms with Gasteiger partial charge in [-0.1, -0.05) is 12.1 Å². The normalized spacial score (nSPS) is 10.9. The Morgan fingerprint density at radius 2 is 1.04 bits per heavy atom. The van der Waals surface area contributed by atoms with Crippen LogP contribution < -0.4 is 32.0 Å². The van der Waals surface area contributed by atoms with Crippen molar-refractivity contribution in [2.45, 2.75) is 5.92 Å². The van der Waals surface area contributed by atoms with Crippen LogP contribution in [-0.4, -0.2) is 56.6 Å². The van der Waals surface area contributed by atoms with Crippen LogP contribution in [0.4, 0.5) is 0 Å². The minimum atomic E-state index is -1.58. The van der Waals surface area contributed by atoms with Gasteiger partial charge >= 0.3 is 17.3 Å². The highest BCUT2D eigenvalue weighted by molar-refractivity contribution is 5.89. The van der Waals surface area contributed by atoms with Crippen molar-refractivity contribution in [1.29, 1.82) is 0 Å². The predicted octanol–water partition coefficient (Wildman–Crippen LogP) is 1.76. The molecule has 0 aliphatic rings. The first-order chi connectivity index (χ1) is 21.6. The van der Waals surface area contributed by atoms with Crippen molar-refractivity contribution in [3.05, 3.63) is 137 Å². The molecule has 14 nitrogen and oxygen atoms in total. The molecule has 0 unspecified atom stereocenters. The number of aromatic amines is 2. The molecule has 5 rings (SSSR count). The number of ether oxygens (including phenoxy) is 3. The molecule has 14 heteroatoms. The molecular weight excluding hydrogens is 588 g/mol. The van der Waals surface area contributed by atoms with Crippen LogP contribution in [-0.2, 0) is 4.74 Å². The maximum atomic E-state index is 13.5. The summed E-state index contributed by atoms with van der Waals surface area (Å²) in [5, 5.41) is 23.1. The summed E-state index contributed by atoms with van der Waals surface area (Å²) in [5.74, 6) is -3.04. The Balaban J connectivity index is 1.84. The maximum Gasteiger partial charge on any atom is 0.337 e. The number of aromatic nitrogens is 4. The molecule has 0 radical (unpaired) electrons. The monoisotopic (exact) mass is 614 g/mol. The maximum absolute atomic E-state index is 13.5. The minimum absolute atomic E-state index is 0.127. The summed E-state index contributed by atoms with van der Waals surface area (Å²) < 4.78 is 16.7. The van der Waals surface area contributed by atoms with Crippen molar-refractivity contribution >= 4 is 5.97 Å². The number of carbonyl (C=O) groups excluding carboxylic acids is 1. The molecule has 3 aromatic carbocycles. The number of nitrogens with one attached hydrogen (secondary N) is 2. The van der Waals surface area contributed by atoms with E-state index in [0.29, 0.717) is 11.5 Å². The fourth-order valence-corrected chi connectivity index (χ4v) is 4.95. The lowest BCUT2D eigenvalue weighted by atomic mass is 9.86. The van der Waals surface area contributed by atoms with Gasteiger partial charge in [-0.05, 0) is 66.2 Å². The zero-order valence-corrected chi connectivity index (χ0v) is 24.1. The highest BCUT2D eigenvalue weighted by atomic mass is 16.5. The van der Waals surface area contributed by atoms with E-state index in [1.807, 2.05) is 0 Å². The lowest BCUT2D eigenvalue weighted by Gasteiger charge is -2.22. The predicted molar refractivity (Wildman–Crippen MR) is 160 cm³/mol. The average molecular weight is 615 g/mol. The van der Waals surface area contributed by atoms with Crippen molar-refractivity contribution < 1.29 is 29.2 Å². The fraction of sp³-hybridized carbons (Fsp3) is 0.129. The Hall–Kier alpha value is -6.31. The van der Waals surface area contributed by atoms with Gasteiger partial charge in [0.05, 0.1) is 55.3 Å². The molecule has 45 heavy (non-hydrogen) atoms. The summed E-state index contributed by atoms with van der Waals surface area (Å²) in [6.07, 6.45) is 0. The number of hydrogen-bond donors (Lipinski definition) is 4. The van der Waals surface area contributed by atoms with Crippen LogP contribution in [0.5, 0.6) is 23.3 Å². The van der Waals surface area contributed by atoms with Gasteiger partial charge < -0.3 is 24.4 Å². The Morgan fingerprint density at radius 3 is 1.40 bits per heavy atom. The third-order valence-corrected chi connectivity index (χ3v) is 7.15. The second kappa shape index (κ2) is 12.1. The second-order valence-electron chi connectivity index (χ2n) is 9.61. The molecule has 0 atom stereocenters. The number of nitrogens with zero attached hydrogens (tertiary/aromatic N) is 2. The van der Waals surface area contributed by atoms with Crippen molar-refractivity contribution in [2.24, 2.45) is 0 Å². The summed E-state index contributed by atoms with van der Waals surface area (Å²) in [5.41, 5.74) is -4.65. The Bertz CT molecular complexity index is 2000. The zero-order chi connectivity index (χ0) is 32.4. The van der Waals surface area contributed by atoms with E-state index >= 15 is 0 Å². The number of rotatable bonds is 8. The molecule has 2 aromatic heterocycles. The zero-order valence-electron chi connectivity index (χ0n) is 24.1. The van der Waals surface area contributed by atoms with Gasteiger partial charge in [0.25, 0.3) is 11.1 Å². The van der Waals surface area contributed by atoms with Crippen molar-refractivity contribution in [3.63, 3.8) is 0 Å². The van der Waals surface area contributed by atoms with Crippen LogP contribution in [0, 0.1) is 0 Å². The molecule has 0 bridgehead atoms. The van der Waals surface area contributed by atoms with E-state index in [4.69, 9.17) is 14.2 Å². The Labute approximate surface area is 253 Å². The van der Waals surface area contributed by atoms with Gasteiger partial charge in [-0.25, -0.2) is 23.5 Å². The van der Waals surface area contributed by atoms with Gasteiger partial charge in [0, 0.05) is 0 Å². The molecule has 5 aromatic rings. The quantitative estimate of drug-likeness (QED) is 0.187. The van der Waals surface area contributed by atoms with Crippen LogP contribution in [0.3, 0.4) is 0 Å². The van der Waals surface area contributed by atoms with Crippen LogP contribution in [0.1, 0.15) is 33.0 Å². The SMILES string of the molecule is COC(=O)c1ccc(C(c2c(O)n(-c3ccc(OC)cc3)c(=O)[nH]c2=O)c2c(O)n(-c3ccc(OC)cc3)c(=O)[nH]c2=O)cc1. The molecule has 0 spiro atoms. The summed E-state index contributed by atoms with van der Waals surface area (Å²) >= 11 is 0. The van der Waals surface area contributed by atoms with Gasteiger partial charge in [0.2, 0.25) is 11.8 Å². The van der Waals surface area contributed by atoms with Gasteiger partial charge in [0.15, 0.2) is 0 Å². The number of carbonyl (C=O) groups is 1. The van der Waals surface area contributed by atoms with Crippen LogP contribution in [0.2, 0.25) is 0 Å². The van der Waals surface area contributed by atoms with Gasteiger partial charge in [-0.15, -0.1) is 0 Å². The van der Waals surface area contributed by atoms with E-state index in [1.54, 1.807) is 0 Å². The van der Waals surface area contributed by atoms with Crippen LogP contribution in [0.25, 0.3) is 11.4 Å². The largest absolute Gasteiger partial charge is 0.497 e. The number of H-pyrrole nitrogens is 2. The third-order valence-electron chi connectivity index (χ3n) is 7.15. The lowest BCUT2D eigenvalue weighted by Crippen LogP contribution is -2.36. The fourth-order valence-electron chi connectivity index (χ4n) is 4.95. The summed E-state index contributed by atoms with van der Waals surface area (Å²) in [6.45, 7) is 0. The molecular formula is C31H26N4O10. The van der Waals surface area contributed by atoms with E-state index < -0.39 is 57.3 Å². The van der Waals surface area contributed by atoms with E-state index in [-0.39, 0.29) is 22.5 Å². The average Bonchev–Trinajstić information content (AvgIpc) is 3.04. The highest BCUT2D eigenvalue weighted by Crippen LogP contribution is 2.37. The van der Waals surface area contributed by atoms with Gasteiger partial charge in [-0.3, -0.25) is 19.6 Å². The molecule has 0 saturated heterocycles. The number of benzene rings is 3. The number of esters is 1. The molecule has 4 N–H and O–H groups in total. The summed E-state index contributed by atoms with van der Waals surface area (Å²) in [4.78, 5) is 69.3. The highest BCUT2D eigenvalue weighted by Gasteiger charge is 2.33. The minimum Gasteiger partial charge on any atom is -0.497 e. The van der Waals surface area contributed by atoms with Crippen LogP contribution >= 0.6 is 0 Å². The van der Waals surface area contributed by atoms with E-state index in [9.17, 15) is 34.2 Å². The van der Waals surface area contributed by atoms with Crippen molar-refractivity contribution in [2.75, 3.05) is 21.3 Å². The number of methoxy groups -OCH3 is 3. The Morgan fingerprint density at radius 1 is 0.644 bits per heavy atom. The van der Waals surface area contributed by atoms with E-state index in [1.165, 1.54) is 94.1 Å². The van der Waals surface area contributed by atoms with Crippen molar-refractivity contribution in [3.8, 4) is 34.6 Å². The van der Waals surface area contributed by atoms with E-state index in [2.05, 4.69) is 9.97 Å². The summed E-state index contributed by atoms with van der Waals surface area (Å²) in [6, 6.07) is 17.4. The first kappa shape index (κ1) is 30.2.